The summed E-state index contributed by atoms with van der Waals surface area (Å²) in [6.45, 7) is 13.7. The predicted molar refractivity (Wildman–Crippen MR) is 61.9 cm³/mol. The van der Waals surface area contributed by atoms with Gasteiger partial charge in [-0.15, -0.1) is 0 Å². The van der Waals surface area contributed by atoms with E-state index in [0.29, 0.717) is 5.41 Å². The van der Waals surface area contributed by atoms with Gasteiger partial charge in [0.15, 0.2) is 0 Å². The van der Waals surface area contributed by atoms with Gasteiger partial charge in [-0.3, -0.25) is 0 Å². The lowest BCUT2D eigenvalue weighted by atomic mass is 9.80. The molecule has 78 valence electrons. The Kier molecular flexibility index (Phi) is 5.36. The van der Waals surface area contributed by atoms with Crippen molar-refractivity contribution in [1.29, 1.82) is 0 Å². The van der Waals surface area contributed by atoms with Crippen molar-refractivity contribution in [3.8, 4) is 0 Å². The summed E-state index contributed by atoms with van der Waals surface area (Å²) in [5, 5.41) is 0. The van der Waals surface area contributed by atoms with E-state index >= 15 is 0 Å². The zero-order valence-electron chi connectivity index (χ0n) is 10.3. The lowest BCUT2D eigenvalue weighted by molar-refractivity contribution is 0.301. The second-order valence-corrected chi connectivity index (χ2v) is 5.41. The van der Waals surface area contributed by atoms with Gasteiger partial charge in [-0.2, -0.15) is 0 Å². The number of hydrogen-bond acceptors (Lipinski definition) is 0. The fourth-order valence-corrected chi connectivity index (χ4v) is 1.62. The van der Waals surface area contributed by atoms with Gasteiger partial charge in [0, 0.05) is 0 Å². The maximum Gasteiger partial charge on any atom is -0.0272 e. The van der Waals surface area contributed by atoms with Gasteiger partial charge in [0.2, 0.25) is 0 Å². The third kappa shape index (κ3) is 6.86. The first kappa shape index (κ1) is 12.7. The normalized spacial score (nSPS) is 13.9. The van der Waals surface area contributed by atoms with E-state index in [2.05, 4.69) is 47.6 Å². The molecule has 0 heterocycles. The van der Waals surface area contributed by atoms with Gasteiger partial charge in [-0.1, -0.05) is 45.8 Å². The summed E-state index contributed by atoms with van der Waals surface area (Å²) < 4.78 is 0. The Hall–Kier alpha value is -0.260. The first-order chi connectivity index (χ1) is 5.87. The first-order valence-corrected chi connectivity index (χ1v) is 5.49. The Balaban J connectivity index is 3.93. The molecule has 0 aromatic carbocycles. The molecular weight excluding hydrogens is 156 g/mol. The fraction of sp³-hybridized carbons (Fsp3) is 0.846. The van der Waals surface area contributed by atoms with Crippen molar-refractivity contribution in [3.63, 3.8) is 0 Å². The highest BCUT2D eigenvalue weighted by Gasteiger charge is 2.18. The maximum atomic E-state index is 2.38. The zero-order valence-corrected chi connectivity index (χ0v) is 10.3. The van der Waals surface area contributed by atoms with Gasteiger partial charge >= 0.3 is 0 Å². The Morgan fingerprint density at radius 2 is 1.85 bits per heavy atom. The molecule has 0 amide bonds. The van der Waals surface area contributed by atoms with E-state index < -0.39 is 0 Å². The average Bonchev–Trinajstić information content (AvgIpc) is 2.00. The topological polar surface area (TPSA) is 0 Å². The van der Waals surface area contributed by atoms with E-state index in [1.165, 1.54) is 24.8 Å². The molecule has 0 bridgehead atoms. The molecule has 0 atom stereocenters. The van der Waals surface area contributed by atoms with Crippen molar-refractivity contribution in [1.82, 2.24) is 0 Å². The van der Waals surface area contributed by atoms with Gasteiger partial charge < -0.3 is 0 Å². The zero-order chi connectivity index (χ0) is 10.5. The van der Waals surface area contributed by atoms with E-state index in [1.807, 2.05) is 0 Å². The third-order valence-corrected chi connectivity index (χ3v) is 2.65. The van der Waals surface area contributed by atoms with E-state index in [1.54, 1.807) is 0 Å². The molecule has 0 aromatic heterocycles. The molecule has 0 heteroatoms. The summed E-state index contributed by atoms with van der Waals surface area (Å²) in [6, 6.07) is 0. The second kappa shape index (κ2) is 5.47. The number of allylic oxidation sites excluding steroid dienone is 2. The van der Waals surface area contributed by atoms with Crippen LogP contribution < -0.4 is 0 Å². The fourth-order valence-electron chi connectivity index (χ4n) is 1.62. The summed E-state index contributed by atoms with van der Waals surface area (Å²) in [5.41, 5.74) is 2.01. The summed E-state index contributed by atoms with van der Waals surface area (Å²) in [6.07, 6.45) is 6.17. The van der Waals surface area contributed by atoms with Crippen LogP contribution in [0.15, 0.2) is 11.6 Å². The third-order valence-electron chi connectivity index (χ3n) is 2.65. The van der Waals surface area contributed by atoms with Crippen LogP contribution in [-0.2, 0) is 0 Å². The molecule has 0 saturated heterocycles. The van der Waals surface area contributed by atoms with E-state index in [-0.39, 0.29) is 0 Å². The van der Waals surface area contributed by atoms with Gasteiger partial charge in [0.05, 0.1) is 0 Å². The molecule has 0 aromatic rings. The lowest BCUT2D eigenvalue weighted by Gasteiger charge is -2.25. The molecule has 0 aliphatic carbocycles. The van der Waals surface area contributed by atoms with Crippen molar-refractivity contribution in [3.05, 3.63) is 11.6 Å². The molecule has 13 heavy (non-hydrogen) atoms. The minimum absolute atomic E-state index is 0.487. The Labute approximate surface area is 84.4 Å². The van der Waals surface area contributed by atoms with E-state index in [0.717, 1.165) is 5.92 Å². The summed E-state index contributed by atoms with van der Waals surface area (Å²) in [5.74, 6) is 0.838. The quantitative estimate of drug-likeness (QED) is 0.535. The SMILES string of the molecule is CC=C(C)CC(C)(C)CCC(C)C. The highest BCUT2D eigenvalue weighted by Crippen LogP contribution is 2.31. The molecular formula is C13H26. The Morgan fingerprint density at radius 1 is 1.31 bits per heavy atom. The maximum absolute atomic E-state index is 2.38. The molecule has 0 saturated carbocycles. The Morgan fingerprint density at radius 3 is 2.23 bits per heavy atom. The molecule has 0 rings (SSSR count). The van der Waals surface area contributed by atoms with Gasteiger partial charge in [-0.05, 0) is 38.0 Å². The van der Waals surface area contributed by atoms with Crippen molar-refractivity contribution >= 4 is 0 Å². The van der Waals surface area contributed by atoms with Crippen LogP contribution in [0.5, 0.6) is 0 Å². The van der Waals surface area contributed by atoms with Crippen LogP contribution in [0, 0.1) is 11.3 Å². The summed E-state index contributed by atoms with van der Waals surface area (Å²) in [4.78, 5) is 0. The monoisotopic (exact) mass is 182 g/mol. The molecule has 0 unspecified atom stereocenters. The van der Waals surface area contributed by atoms with Crippen LogP contribution in [-0.4, -0.2) is 0 Å². The van der Waals surface area contributed by atoms with Gasteiger partial charge in [0.25, 0.3) is 0 Å². The molecule has 0 N–H and O–H groups in total. The van der Waals surface area contributed by atoms with Crippen LogP contribution in [0.4, 0.5) is 0 Å². The molecule has 0 spiro atoms. The lowest BCUT2D eigenvalue weighted by Crippen LogP contribution is -2.12. The molecule has 0 radical (unpaired) electrons. The van der Waals surface area contributed by atoms with Crippen LogP contribution >= 0.6 is 0 Å². The van der Waals surface area contributed by atoms with Crippen LogP contribution in [0.25, 0.3) is 0 Å². The highest BCUT2D eigenvalue weighted by molar-refractivity contribution is 4.99. The minimum Gasteiger partial charge on any atom is -0.0887 e. The van der Waals surface area contributed by atoms with Crippen LogP contribution in [0.3, 0.4) is 0 Å². The van der Waals surface area contributed by atoms with Crippen molar-refractivity contribution in [2.75, 3.05) is 0 Å². The molecule has 0 nitrogen and oxygen atoms in total. The summed E-state index contributed by atoms with van der Waals surface area (Å²) in [7, 11) is 0. The molecule has 0 fully saturated rings. The van der Waals surface area contributed by atoms with Gasteiger partial charge in [-0.25, -0.2) is 0 Å². The largest absolute Gasteiger partial charge is 0.0887 e. The van der Waals surface area contributed by atoms with E-state index in [4.69, 9.17) is 0 Å². The molecule has 0 aliphatic heterocycles. The highest BCUT2D eigenvalue weighted by atomic mass is 14.2. The number of hydrogen-bond donors (Lipinski definition) is 0. The summed E-state index contributed by atoms with van der Waals surface area (Å²) >= 11 is 0. The standard InChI is InChI=1S/C13H26/c1-7-12(4)10-13(5,6)9-8-11(2)3/h7,11H,8-10H2,1-6H3. The van der Waals surface area contributed by atoms with E-state index in [9.17, 15) is 0 Å². The first-order valence-electron chi connectivity index (χ1n) is 5.49. The smallest absolute Gasteiger partial charge is 0.0272 e. The van der Waals surface area contributed by atoms with Gasteiger partial charge in [0.1, 0.15) is 0 Å². The number of rotatable bonds is 5. The average molecular weight is 182 g/mol. The van der Waals surface area contributed by atoms with Crippen molar-refractivity contribution < 1.29 is 0 Å². The van der Waals surface area contributed by atoms with Crippen LogP contribution in [0.1, 0.15) is 60.8 Å². The second-order valence-electron chi connectivity index (χ2n) is 5.41. The predicted octanol–water partition coefficient (Wildman–Crippen LogP) is 4.81. The Bertz CT molecular complexity index is 161. The van der Waals surface area contributed by atoms with Crippen LogP contribution in [0.2, 0.25) is 0 Å². The minimum atomic E-state index is 0.487. The van der Waals surface area contributed by atoms with Crippen molar-refractivity contribution in [2.45, 2.75) is 60.8 Å². The van der Waals surface area contributed by atoms with Crippen molar-refractivity contribution in [2.24, 2.45) is 11.3 Å². The molecule has 0 aliphatic rings.